The van der Waals surface area contributed by atoms with Crippen LogP contribution >= 0.6 is 11.8 Å². The van der Waals surface area contributed by atoms with Crippen LogP contribution in [0.2, 0.25) is 0 Å². The number of thioether (sulfide) groups is 1. The molecule has 14 heteroatoms. The number of halogens is 3. The number of aromatic nitrogens is 2. The number of anilines is 2. The molecule has 4 heterocycles. The predicted octanol–water partition coefficient (Wildman–Crippen LogP) is 4.48. The monoisotopic (exact) mass is 614 g/mol. The summed E-state index contributed by atoms with van der Waals surface area (Å²) in [5.74, 6) is -2.74. The van der Waals surface area contributed by atoms with Gasteiger partial charge in [0.2, 0.25) is 0 Å². The molecule has 0 aliphatic carbocycles. The number of carbonyl (C=O) groups excluding carboxylic acids is 2. The standard InChI is InChI=1S/C29H29F3N6O4S/c1-28(2)15-23-24(25(39)36-28)43-27(38(23)42-26(40)29(30,31)32)37-10-11-41-16-20(37)13-17-4-3-5-18(12-17)35-19-6-7-21-22(14-19)34-9-8-33-21/h3-9,12,14,20,27,35H,10-11,13,15-16H2,1-2H3,(H,36,39). The summed E-state index contributed by atoms with van der Waals surface area (Å²) in [6.07, 6.45) is -1.22. The lowest BCUT2D eigenvalue weighted by Gasteiger charge is -2.42. The maximum absolute atomic E-state index is 13.3. The van der Waals surface area contributed by atoms with E-state index in [1.165, 1.54) is 0 Å². The number of hydrogen-bond acceptors (Lipinski definition) is 10. The van der Waals surface area contributed by atoms with Crippen LogP contribution in [-0.4, -0.2) is 74.8 Å². The minimum atomic E-state index is -5.19. The SMILES string of the molecule is CC1(C)CC2=C(SC(N3CCOCC3Cc3cccc(Nc4ccc5nccnc5c4)c3)N2OC(=O)C(F)(F)F)C(=O)N1. The predicted molar refractivity (Wildman–Crippen MR) is 154 cm³/mol. The zero-order chi connectivity index (χ0) is 30.4. The molecule has 10 nitrogen and oxygen atoms in total. The summed E-state index contributed by atoms with van der Waals surface area (Å²) in [6, 6.07) is 13.2. The van der Waals surface area contributed by atoms with Crippen LogP contribution in [0.5, 0.6) is 0 Å². The fraction of sp³-hybridized carbons (Fsp3) is 0.379. The molecule has 2 unspecified atom stereocenters. The number of amides is 1. The fourth-order valence-electron chi connectivity index (χ4n) is 5.46. The number of rotatable bonds is 6. The summed E-state index contributed by atoms with van der Waals surface area (Å²) in [5.41, 5.74) is 2.86. The Morgan fingerprint density at radius 2 is 1.93 bits per heavy atom. The first-order chi connectivity index (χ1) is 20.5. The second-order valence-electron chi connectivity index (χ2n) is 11.2. The van der Waals surface area contributed by atoms with Gasteiger partial charge in [-0.3, -0.25) is 19.7 Å². The van der Waals surface area contributed by atoms with Crippen molar-refractivity contribution in [1.82, 2.24) is 25.2 Å². The van der Waals surface area contributed by atoms with Gasteiger partial charge in [-0.2, -0.15) is 18.2 Å². The van der Waals surface area contributed by atoms with Gasteiger partial charge in [0.05, 0.1) is 34.8 Å². The number of benzene rings is 2. The van der Waals surface area contributed by atoms with Crippen LogP contribution in [0.4, 0.5) is 24.5 Å². The van der Waals surface area contributed by atoms with E-state index in [9.17, 15) is 22.8 Å². The van der Waals surface area contributed by atoms with Gasteiger partial charge in [0.1, 0.15) is 0 Å². The minimum Gasteiger partial charge on any atom is -0.378 e. The second kappa shape index (κ2) is 11.3. The van der Waals surface area contributed by atoms with Crippen LogP contribution in [0.1, 0.15) is 25.8 Å². The Kier molecular flexibility index (Phi) is 7.69. The van der Waals surface area contributed by atoms with Crippen LogP contribution in [0, 0.1) is 0 Å². The van der Waals surface area contributed by atoms with Gasteiger partial charge in [0.25, 0.3) is 5.91 Å². The van der Waals surface area contributed by atoms with Gasteiger partial charge in [-0.15, -0.1) is 0 Å². The van der Waals surface area contributed by atoms with Gasteiger partial charge in [-0.25, -0.2) is 4.79 Å². The summed E-state index contributed by atoms with van der Waals surface area (Å²) < 4.78 is 45.7. The summed E-state index contributed by atoms with van der Waals surface area (Å²) in [4.78, 5) is 40.8. The first-order valence-corrected chi connectivity index (χ1v) is 14.6. The first-order valence-electron chi connectivity index (χ1n) is 13.7. The number of fused-ring (bicyclic) bond motifs is 1. The molecule has 226 valence electrons. The molecule has 0 radical (unpaired) electrons. The van der Waals surface area contributed by atoms with Crippen molar-refractivity contribution in [3.63, 3.8) is 0 Å². The van der Waals surface area contributed by atoms with Crippen LogP contribution in [0.3, 0.4) is 0 Å². The van der Waals surface area contributed by atoms with E-state index in [0.29, 0.717) is 26.2 Å². The van der Waals surface area contributed by atoms with E-state index in [1.54, 1.807) is 26.2 Å². The van der Waals surface area contributed by atoms with E-state index in [4.69, 9.17) is 9.57 Å². The number of nitrogens with zero attached hydrogens (tertiary/aromatic N) is 4. The normalized spacial score (nSPS) is 22.3. The first kappa shape index (κ1) is 29.2. The molecule has 3 aliphatic rings. The van der Waals surface area contributed by atoms with Gasteiger partial charge >= 0.3 is 12.1 Å². The molecule has 3 aliphatic heterocycles. The molecule has 43 heavy (non-hydrogen) atoms. The van der Waals surface area contributed by atoms with Crippen LogP contribution in [-0.2, 0) is 25.6 Å². The molecule has 1 saturated heterocycles. The highest BCUT2D eigenvalue weighted by Crippen LogP contribution is 2.46. The van der Waals surface area contributed by atoms with Crippen molar-refractivity contribution >= 4 is 46.0 Å². The number of alkyl halides is 3. The highest BCUT2D eigenvalue weighted by molar-refractivity contribution is 8.04. The topological polar surface area (TPSA) is 109 Å². The second-order valence-corrected chi connectivity index (χ2v) is 12.3. The molecule has 2 aromatic carbocycles. The fourth-order valence-corrected chi connectivity index (χ4v) is 6.80. The Morgan fingerprint density at radius 3 is 2.72 bits per heavy atom. The molecular formula is C29H29F3N6O4S. The summed E-state index contributed by atoms with van der Waals surface area (Å²) >= 11 is 1.09. The lowest BCUT2D eigenvalue weighted by atomic mass is 9.94. The highest BCUT2D eigenvalue weighted by Gasteiger charge is 2.51. The zero-order valence-corrected chi connectivity index (χ0v) is 24.2. The van der Waals surface area contributed by atoms with Crippen molar-refractivity contribution in [2.75, 3.05) is 25.1 Å². The minimum absolute atomic E-state index is 0.200. The molecule has 0 spiro atoms. The summed E-state index contributed by atoms with van der Waals surface area (Å²) in [6.45, 7) is 4.54. The molecule has 2 N–H and O–H groups in total. The van der Waals surface area contributed by atoms with E-state index < -0.39 is 29.1 Å². The molecule has 3 aromatic rings. The molecule has 1 aromatic heterocycles. The van der Waals surface area contributed by atoms with Crippen LogP contribution in [0.25, 0.3) is 11.0 Å². The zero-order valence-electron chi connectivity index (χ0n) is 23.4. The van der Waals surface area contributed by atoms with E-state index in [1.807, 2.05) is 47.4 Å². The van der Waals surface area contributed by atoms with E-state index >= 15 is 0 Å². The van der Waals surface area contributed by atoms with Gasteiger partial charge in [-0.1, -0.05) is 23.9 Å². The van der Waals surface area contributed by atoms with E-state index in [0.717, 1.165) is 44.8 Å². The van der Waals surface area contributed by atoms with Crippen molar-refractivity contribution in [2.45, 2.75) is 49.9 Å². The third-order valence-electron chi connectivity index (χ3n) is 7.35. The van der Waals surface area contributed by atoms with Gasteiger partial charge in [0, 0.05) is 48.3 Å². The van der Waals surface area contributed by atoms with Crippen molar-refractivity contribution in [2.24, 2.45) is 0 Å². The van der Waals surface area contributed by atoms with Crippen LogP contribution in [0.15, 0.2) is 65.5 Å². The van der Waals surface area contributed by atoms with Gasteiger partial charge < -0.3 is 20.2 Å². The summed E-state index contributed by atoms with van der Waals surface area (Å²) in [7, 11) is 0. The van der Waals surface area contributed by atoms with Gasteiger partial charge in [0.15, 0.2) is 5.50 Å². The molecule has 2 atom stereocenters. The highest BCUT2D eigenvalue weighted by atomic mass is 32.2. The Balaban J connectivity index is 1.23. The molecule has 1 amide bonds. The van der Waals surface area contributed by atoms with Crippen LogP contribution < -0.4 is 10.6 Å². The largest absolute Gasteiger partial charge is 0.493 e. The maximum atomic E-state index is 13.3. The third kappa shape index (κ3) is 6.26. The van der Waals surface area contributed by atoms with E-state index in [2.05, 4.69) is 20.6 Å². The Morgan fingerprint density at radius 1 is 1.16 bits per heavy atom. The Bertz CT molecular complexity index is 1600. The number of hydroxylamine groups is 2. The Hall–Kier alpha value is -3.88. The number of carbonyl (C=O) groups is 2. The lowest BCUT2D eigenvalue weighted by Crippen LogP contribution is -2.56. The lowest BCUT2D eigenvalue weighted by molar-refractivity contribution is -0.243. The van der Waals surface area contributed by atoms with E-state index in [-0.39, 0.29) is 23.1 Å². The molecular weight excluding hydrogens is 585 g/mol. The molecule has 1 fully saturated rings. The third-order valence-corrected chi connectivity index (χ3v) is 8.68. The van der Waals surface area contributed by atoms with Crippen molar-refractivity contribution < 1.29 is 32.3 Å². The molecule has 6 rings (SSSR count). The number of hydrogen-bond donors (Lipinski definition) is 2. The quantitative estimate of drug-likeness (QED) is 0.413. The Labute approximate surface area is 249 Å². The average Bonchev–Trinajstić information content (AvgIpc) is 3.30. The number of morpholine rings is 1. The maximum Gasteiger partial charge on any atom is 0.493 e. The average molecular weight is 615 g/mol. The van der Waals surface area contributed by atoms with Crippen molar-refractivity contribution in [3.05, 3.63) is 71.0 Å². The molecule has 0 saturated carbocycles. The van der Waals surface area contributed by atoms with Gasteiger partial charge in [-0.05, 0) is 56.2 Å². The molecule has 0 bridgehead atoms. The number of nitrogens with one attached hydrogen (secondary N) is 2. The number of ether oxygens (including phenoxy) is 1. The smallest absolute Gasteiger partial charge is 0.378 e. The van der Waals surface area contributed by atoms with Crippen molar-refractivity contribution in [1.29, 1.82) is 0 Å². The summed E-state index contributed by atoms with van der Waals surface area (Å²) in [5, 5.41) is 7.25. The van der Waals surface area contributed by atoms with Crippen molar-refractivity contribution in [3.8, 4) is 0 Å².